The van der Waals surface area contributed by atoms with Crippen molar-refractivity contribution in [1.29, 1.82) is 0 Å². The largest absolute Gasteiger partial charge is 0.481 e. The predicted octanol–water partition coefficient (Wildman–Crippen LogP) is 0.668. The second-order valence-electron chi connectivity index (χ2n) is 5.30. The number of hydrogen-bond acceptors (Lipinski definition) is 6. The lowest BCUT2D eigenvalue weighted by Crippen LogP contribution is -2.48. The third-order valence-corrected chi connectivity index (χ3v) is 2.09. The highest BCUT2D eigenvalue weighted by molar-refractivity contribution is 6.01. The molecule has 0 bridgehead atoms. The van der Waals surface area contributed by atoms with Gasteiger partial charge >= 0.3 is 12.1 Å². The van der Waals surface area contributed by atoms with Crippen molar-refractivity contribution in [3.63, 3.8) is 0 Å². The van der Waals surface area contributed by atoms with Gasteiger partial charge in [-0.3, -0.25) is 9.59 Å². The van der Waals surface area contributed by atoms with Gasteiger partial charge in [-0.15, -0.1) is 0 Å². The summed E-state index contributed by atoms with van der Waals surface area (Å²) < 4.78 is 4.98. The number of nitrogens with one attached hydrogen (secondary N) is 2. The van der Waals surface area contributed by atoms with E-state index in [-0.39, 0.29) is 18.7 Å². The van der Waals surface area contributed by atoms with Crippen LogP contribution < -0.4 is 10.6 Å². The summed E-state index contributed by atoms with van der Waals surface area (Å²) in [7, 11) is 0. The number of amides is 2. The molecule has 21 heavy (non-hydrogen) atoms. The van der Waals surface area contributed by atoms with Crippen molar-refractivity contribution in [1.82, 2.24) is 10.6 Å². The van der Waals surface area contributed by atoms with Gasteiger partial charge in [0.2, 0.25) is 5.91 Å². The lowest BCUT2D eigenvalue weighted by atomic mass is 10.2. The molecule has 0 radical (unpaired) electrons. The molecular weight excluding hydrogens is 282 g/mol. The first-order valence-electron chi connectivity index (χ1n) is 6.28. The summed E-state index contributed by atoms with van der Waals surface area (Å²) in [6, 6.07) is -0.943. The number of hydrogen-bond donors (Lipinski definition) is 4. The van der Waals surface area contributed by atoms with E-state index < -0.39 is 29.6 Å². The lowest BCUT2D eigenvalue weighted by molar-refractivity contribution is -0.136. The van der Waals surface area contributed by atoms with Crippen LogP contribution >= 0.6 is 0 Å². The first-order chi connectivity index (χ1) is 9.55. The molecule has 9 heteroatoms. The molecule has 120 valence electrons. The van der Waals surface area contributed by atoms with E-state index in [1.807, 2.05) is 0 Å². The zero-order chi connectivity index (χ0) is 16.6. The SMILES string of the molecule is CC(NC(=O)OC(C)(C)C)C(=O)N/C(CCC(=O)O)=N/O. The molecule has 0 saturated carbocycles. The molecule has 9 nitrogen and oxygen atoms in total. The number of oxime groups is 1. The number of carbonyl (C=O) groups excluding carboxylic acids is 2. The maximum Gasteiger partial charge on any atom is 0.408 e. The molecule has 0 rings (SSSR count). The Labute approximate surface area is 122 Å². The highest BCUT2D eigenvalue weighted by atomic mass is 16.6. The minimum atomic E-state index is -1.09. The first-order valence-corrected chi connectivity index (χ1v) is 6.28. The average Bonchev–Trinajstić information content (AvgIpc) is 2.31. The number of ether oxygens (including phenoxy) is 1. The number of carboxylic acid groups (broad SMARTS) is 1. The van der Waals surface area contributed by atoms with Crippen molar-refractivity contribution in [2.45, 2.75) is 52.2 Å². The second-order valence-corrected chi connectivity index (χ2v) is 5.30. The molecule has 2 amide bonds. The summed E-state index contributed by atoms with van der Waals surface area (Å²) in [6.45, 7) is 6.45. The average molecular weight is 303 g/mol. The second kappa shape index (κ2) is 8.08. The standard InChI is InChI=1S/C12H21N3O6/c1-7(13-11(19)21-12(2,3)4)10(18)14-8(15-20)5-6-9(16)17/h7,20H,5-6H2,1-4H3,(H,13,19)(H,16,17)(H,14,15,18). The Morgan fingerprint density at radius 1 is 1.24 bits per heavy atom. The third-order valence-electron chi connectivity index (χ3n) is 2.09. The van der Waals surface area contributed by atoms with Crippen molar-refractivity contribution in [2.24, 2.45) is 5.16 Å². The summed E-state index contributed by atoms with van der Waals surface area (Å²) in [5, 5.41) is 24.5. The van der Waals surface area contributed by atoms with Crippen LogP contribution in [0.15, 0.2) is 5.16 Å². The van der Waals surface area contributed by atoms with Crippen molar-refractivity contribution < 1.29 is 29.4 Å². The first kappa shape index (κ1) is 18.7. The summed E-state index contributed by atoms with van der Waals surface area (Å²) in [6.07, 6.45) is -1.21. The fraction of sp³-hybridized carbons (Fsp3) is 0.667. The van der Waals surface area contributed by atoms with Crippen molar-refractivity contribution in [3.8, 4) is 0 Å². The Hall–Kier alpha value is -2.32. The van der Waals surface area contributed by atoms with Crippen LogP contribution in [0.5, 0.6) is 0 Å². The Morgan fingerprint density at radius 2 is 1.81 bits per heavy atom. The number of carbonyl (C=O) groups is 3. The molecule has 0 aliphatic rings. The number of alkyl carbamates (subject to hydrolysis) is 1. The van der Waals surface area contributed by atoms with E-state index in [9.17, 15) is 14.4 Å². The Kier molecular flexibility index (Phi) is 7.18. The summed E-state index contributed by atoms with van der Waals surface area (Å²) in [5.41, 5.74) is -0.695. The fourth-order valence-electron chi connectivity index (χ4n) is 1.16. The molecule has 0 spiro atoms. The van der Waals surface area contributed by atoms with Gasteiger partial charge in [0.15, 0.2) is 0 Å². The van der Waals surface area contributed by atoms with Crippen LogP contribution in [0.2, 0.25) is 0 Å². The number of rotatable bonds is 5. The molecule has 0 fully saturated rings. The number of amidine groups is 1. The predicted molar refractivity (Wildman–Crippen MR) is 73.1 cm³/mol. The van der Waals surface area contributed by atoms with Crippen molar-refractivity contribution in [2.75, 3.05) is 0 Å². The van der Waals surface area contributed by atoms with Crippen LogP contribution in [0.25, 0.3) is 0 Å². The van der Waals surface area contributed by atoms with Crippen LogP contribution in [0.3, 0.4) is 0 Å². The Balaban J connectivity index is 4.37. The van der Waals surface area contributed by atoms with Gasteiger partial charge in [-0.25, -0.2) is 4.79 Å². The summed E-state index contributed by atoms with van der Waals surface area (Å²) in [4.78, 5) is 33.6. The molecule has 1 atom stereocenters. The monoisotopic (exact) mass is 303 g/mol. The smallest absolute Gasteiger partial charge is 0.408 e. The van der Waals surface area contributed by atoms with Gasteiger partial charge in [-0.05, 0) is 27.7 Å². The minimum Gasteiger partial charge on any atom is -0.481 e. The minimum absolute atomic E-state index is 0.142. The van der Waals surface area contributed by atoms with E-state index in [0.29, 0.717) is 0 Å². The maximum absolute atomic E-state index is 11.7. The molecule has 0 aromatic carbocycles. The molecular formula is C12H21N3O6. The van der Waals surface area contributed by atoms with Crippen LogP contribution in [0.1, 0.15) is 40.5 Å². The van der Waals surface area contributed by atoms with Crippen LogP contribution in [0, 0.1) is 0 Å². The van der Waals surface area contributed by atoms with E-state index in [0.717, 1.165) is 0 Å². The van der Waals surface area contributed by atoms with E-state index in [1.54, 1.807) is 20.8 Å². The van der Waals surface area contributed by atoms with E-state index in [4.69, 9.17) is 15.1 Å². The number of nitrogens with zero attached hydrogens (tertiary/aromatic N) is 1. The molecule has 0 aromatic rings. The molecule has 0 saturated heterocycles. The molecule has 0 heterocycles. The highest BCUT2D eigenvalue weighted by Crippen LogP contribution is 2.06. The summed E-state index contributed by atoms with van der Waals surface area (Å²) >= 11 is 0. The van der Waals surface area contributed by atoms with E-state index >= 15 is 0 Å². The number of carboxylic acids is 1. The zero-order valence-corrected chi connectivity index (χ0v) is 12.5. The van der Waals surface area contributed by atoms with Gasteiger partial charge in [-0.2, -0.15) is 0 Å². The van der Waals surface area contributed by atoms with Gasteiger partial charge in [0.1, 0.15) is 17.5 Å². The number of aliphatic carboxylic acids is 1. The molecule has 0 aromatic heterocycles. The van der Waals surface area contributed by atoms with Crippen LogP contribution in [-0.4, -0.2) is 45.8 Å². The Bertz CT molecular complexity index is 427. The molecule has 0 aliphatic carbocycles. The van der Waals surface area contributed by atoms with E-state index in [2.05, 4.69) is 15.8 Å². The van der Waals surface area contributed by atoms with Gasteiger partial charge in [0, 0.05) is 6.42 Å². The molecule has 0 aliphatic heterocycles. The van der Waals surface area contributed by atoms with Gasteiger partial charge in [0.05, 0.1) is 6.42 Å². The van der Waals surface area contributed by atoms with Gasteiger partial charge in [0.25, 0.3) is 0 Å². The maximum atomic E-state index is 11.7. The quantitative estimate of drug-likeness (QED) is 0.255. The molecule has 4 N–H and O–H groups in total. The highest BCUT2D eigenvalue weighted by Gasteiger charge is 2.21. The summed E-state index contributed by atoms with van der Waals surface area (Å²) in [5.74, 6) is -1.94. The van der Waals surface area contributed by atoms with Gasteiger partial charge in [-0.1, -0.05) is 5.16 Å². The van der Waals surface area contributed by atoms with Crippen LogP contribution in [-0.2, 0) is 14.3 Å². The van der Waals surface area contributed by atoms with Crippen molar-refractivity contribution >= 4 is 23.8 Å². The zero-order valence-electron chi connectivity index (χ0n) is 12.5. The lowest BCUT2D eigenvalue weighted by Gasteiger charge is -2.21. The topological polar surface area (TPSA) is 137 Å². The fourth-order valence-corrected chi connectivity index (χ4v) is 1.16. The normalized spacial score (nSPS) is 13.2. The Morgan fingerprint density at radius 3 is 2.24 bits per heavy atom. The molecule has 1 unspecified atom stereocenters. The van der Waals surface area contributed by atoms with Crippen LogP contribution in [0.4, 0.5) is 4.79 Å². The van der Waals surface area contributed by atoms with Gasteiger partial charge < -0.3 is 25.7 Å². The van der Waals surface area contributed by atoms with Crippen molar-refractivity contribution in [3.05, 3.63) is 0 Å². The van der Waals surface area contributed by atoms with E-state index in [1.165, 1.54) is 6.92 Å². The third kappa shape index (κ3) is 9.25.